The van der Waals surface area contributed by atoms with Gasteiger partial charge >= 0.3 is 0 Å². The van der Waals surface area contributed by atoms with Gasteiger partial charge in [0.05, 0.1) is 0 Å². The van der Waals surface area contributed by atoms with Gasteiger partial charge in [-0.1, -0.05) is 17.7 Å². The highest BCUT2D eigenvalue weighted by Gasteiger charge is 2.09. The average Bonchev–Trinajstić information content (AvgIpc) is 2.47. The standard InChI is InChI=1S/C15H15FN2OS/c1-10-2-5-13(6-3-10)20-9-12-8-11(15(19)18-17)4-7-14(12)16/h2-8H,9,17H2,1H3,(H,18,19). The molecule has 1 amide bonds. The van der Waals surface area contributed by atoms with Crippen molar-refractivity contribution >= 4 is 17.7 Å². The van der Waals surface area contributed by atoms with Crippen molar-refractivity contribution in [3.8, 4) is 0 Å². The lowest BCUT2D eigenvalue weighted by Crippen LogP contribution is -2.30. The number of nitrogen functional groups attached to an aromatic ring is 1. The molecule has 2 aromatic carbocycles. The number of hydrogen-bond donors (Lipinski definition) is 2. The Kier molecular flexibility index (Phi) is 4.76. The molecule has 0 radical (unpaired) electrons. The molecule has 0 unspecified atom stereocenters. The average molecular weight is 290 g/mol. The molecule has 20 heavy (non-hydrogen) atoms. The summed E-state index contributed by atoms with van der Waals surface area (Å²) in [6.45, 7) is 2.02. The molecule has 0 heterocycles. The summed E-state index contributed by atoms with van der Waals surface area (Å²) in [7, 11) is 0. The second-order valence-electron chi connectivity index (χ2n) is 4.38. The van der Waals surface area contributed by atoms with E-state index in [1.165, 1.54) is 35.5 Å². The van der Waals surface area contributed by atoms with Crippen LogP contribution in [0, 0.1) is 12.7 Å². The molecule has 0 aromatic heterocycles. The first-order valence-electron chi connectivity index (χ1n) is 6.09. The number of hydrogen-bond acceptors (Lipinski definition) is 3. The maximum atomic E-state index is 13.7. The minimum atomic E-state index is -0.424. The second-order valence-corrected chi connectivity index (χ2v) is 5.43. The van der Waals surface area contributed by atoms with Crippen molar-refractivity contribution in [2.75, 3.05) is 0 Å². The van der Waals surface area contributed by atoms with Crippen molar-refractivity contribution in [1.29, 1.82) is 0 Å². The summed E-state index contributed by atoms with van der Waals surface area (Å²) in [4.78, 5) is 12.5. The Morgan fingerprint density at radius 3 is 2.60 bits per heavy atom. The molecule has 0 bridgehead atoms. The number of amides is 1. The minimum Gasteiger partial charge on any atom is -0.290 e. The number of rotatable bonds is 4. The smallest absolute Gasteiger partial charge is 0.265 e. The Morgan fingerprint density at radius 2 is 1.95 bits per heavy atom. The zero-order chi connectivity index (χ0) is 14.5. The maximum Gasteiger partial charge on any atom is 0.265 e. The molecule has 0 saturated carbocycles. The van der Waals surface area contributed by atoms with Crippen LogP contribution in [0.1, 0.15) is 21.5 Å². The van der Waals surface area contributed by atoms with Crippen LogP contribution < -0.4 is 11.3 Å². The van der Waals surface area contributed by atoms with Gasteiger partial charge in [-0.05, 0) is 42.8 Å². The van der Waals surface area contributed by atoms with Crippen LogP contribution in [0.5, 0.6) is 0 Å². The third kappa shape index (κ3) is 3.59. The molecule has 0 aliphatic rings. The summed E-state index contributed by atoms with van der Waals surface area (Å²) in [5, 5.41) is 0. The van der Waals surface area contributed by atoms with E-state index < -0.39 is 5.91 Å². The molecule has 0 aliphatic carbocycles. The van der Waals surface area contributed by atoms with Crippen molar-refractivity contribution in [3.05, 3.63) is 65.0 Å². The number of thioether (sulfide) groups is 1. The summed E-state index contributed by atoms with van der Waals surface area (Å²) < 4.78 is 13.7. The number of halogens is 1. The van der Waals surface area contributed by atoms with E-state index in [1.54, 1.807) is 0 Å². The fraction of sp³-hybridized carbons (Fsp3) is 0.133. The summed E-state index contributed by atoms with van der Waals surface area (Å²) in [6, 6.07) is 12.2. The van der Waals surface area contributed by atoms with E-state index in [4.69, 9.17) is 5.84 Å². The van der Waals surface area contributed by atoms with Crippen molar-refractivity contribution in [1.82, 2.24) is 5.43 Å². The molecule has 0 fully saturated rings. The van der Waals surface area contributed by atoms with Gasteiger partial charge < -0.3 is 0 Å². The number of carbonyl (C=O) groups excluding carboxylic acids is 1. The lowest BCUT2D eigenvalue weighted by molar-refractivity contribution is 0.0953. The van der Waals surface area contributed by atoms with Gasteiger partial charge in [0, 0.05) is 16.2 Å². The van der Waals surface area contributed by atoms with Crippen LogP contribution in [0.2, 0.25) is 0 Å². The number of carbonyl (C=O) groups is 1. The Balaban J connectivity index is 2.12. The summed E-state index contributed by atoms with van der Waals surface area (Å²) >= 11 is 1.52. The van der Waals surface area contributed by atoms with Crippen molar-refractivity contribution in [2.45, 2.75) is 17.6 Å². The Labute approximate surface area is 121 Å². The first-order valence-corrected chi connectivity index (χ1v) is 7.07. The normalized spacial score (nSPS) is 10.3. The SMILES string of the molecule is Cc1ccc(SCc2cc(C(=O)NN)ccc2F)cc1. The summed E-state index contributed by atoms with van der Waals surface area (Å²) in [5.41, 5.74) is 4.06. The van der Waals surface area contributed by atoms with Crippen LogP contribution in [0.25, 0.3) is 0 Å². The molecule has 3 N–H and O–H groups in total. The van der Waals surface area contributed by atoms with Gasteiger partial charge in [-0.15, -0.1) is 11.8 Å². The van der Waals surface area contributed by atoms with Crippen molar-refractivity contribution in [2.24, 2.45) is 5.84 Å². The number of nitrogens with one attached hydrogen (secondary N) is 1. The topological polar surface area (TPSA) is 55.1 Å². The molecular weight excluding hydrogens is 275 g/mol. The van der Waals surface area contributed by atoms with E-state index in [9.17, 15) is 9.18 Å². The van der Waals surface area contributed by atoms with E-state index >= 15 is 0 Å². The molecule has 0 atom stereocenters. The number of hydrazine groups is 1. The van der Waals surface area contributed by atoms with Crippen molar-refractivity contribution < 1.29 is 9.18 Å². The Bertz CT molecular complexity index is 614. The molecule has 0 saturated heterocycles. The maximum absolute atomic E-state index is 13.7. The van der Waals surface area contributed by atoms with E-state index in [0.29, 0.717) is 16.9 Å². The minimum absolute atomic E-state index is 0.321. The number of aryl methyl sites for hydroxylation is 1. The van der Waals surface area contributed by atoms with Gasteiger partial charge in [-0.2, -0.15) is 0 Å². The van der Waals surface area contributed by atoms with E-state index in [2.05, 4.69) is 0 Å². The fourth-order valence-electron chi connectivity index (χ4n) is 1.71. The van der Waals surface area contributed by atoms with E-state index in [-0.39, 0.29) is 5.82 Å². The quantitative estimate of drug-likeness (QED) is 0.394. The summed E-state index contributed by atoms with van der Waals surface area (Å²) in [6.07, 6.45) is 0. The first-order chi connectivity index (χ1) is 9.60. The largest absolute Gasteiger partial charge is 0.290 e. The highest BCUT2D eigenvalue weighted by molar-refractivity contribution is 7.98. The fourth-order valence-corrected chi connectivity index (χ4v) is 2.58. The van der Waals surface area contributed by atoms with Crippen LogP contribution in [-0.4, -0.2) is 5.91 Å². The second kappa shape index (κ2) is 6.54. The molecule has 104 valence electrons. The van der Waals surface area contributed by atoms with Crippen LogP contribution in [0.15, 0.2) is 47.4 Å². The Morgan fingerprint density at radius 1 is 1.25 bits per heavy atom. The number of nitrogens with two attached hydrogens (primary N) is 1. The van der Waals surface area contributed by atoms with Crippen LogP contribution in [-0.2, 0) is 5.75 Å². The zero-order valence-corrected chi connectivity index (χ0v) is 11.8. The third-order valence-electron chi connectivity index (χ3n) is 2.85. The van der Waals surface area contributed by atoms with Gasteiger partial charge in [-0.25, -0.2) is 10.2 Å². The van der Waals surface area contributed by atoms with Crippen LogP contribution >= 0.6 is 11.8 Å². The van der Waals surface area contributed by atoms with Gasteiger partial charge in [-0.3, -0.25) is 10.2 Å². The zero-order valence-electron chi connectivity index (χ0n) is 11.0. The van der Waals surface area contributed by atoms with Gasteiger partial charge in [0.15, 0.2) is 0 Å². The molecule has 2 rings (SSSR count). The third-order valence-corrected chi connectivity index (χ3v) is 3.92. The predicted octanol–water partition coefficient (Wildman–Crippen LogP) is 3.03. The highest BCUT2D eigenvalue weighted by Crippen LogP contribution is 2.25. The van der Waals surface area contributed by atoms with Gasteiger partial charge in [0.2, 0.25) is 0 Å². The number of benzene rings is 2. The Hall–Kier alpha value is -1.85. The monoisotopic (exact) mass is 290 g/mol. The highest BCUT2D eigenvalue weighted by atomic mass is 32.2. The van der Waals surface area contributed by atoms with Gasteiger partial charge in [0.25, 0.3) is 5.91 Å². The van der Waals surface area contributed by atoms with Crippen LogP contribution in [0.4, 0.5) is 4.39 Å². The van der Waals surface area contributed by atoms with Gasteiger partial charge in [0.1, 0.15) is 5.82 Å². The predicted molar refractivity (Wildman–Crippen MR) is 78.8 cm³/mol. The summed E-state index contributed by atoms with van der Waals surface area (Å²) in [5.74, 6) is 4.79. The molecule has 0 spiro atoms. The first kappa shape index (κ1) is 14.6. The molecular formula is C15H15FN2OS. The van der Waals surface area contributed by atoms with Crippen LogP contribution in [0.3, 0.4) is 0 Å². The molecule has 0 aliphatic heterocycles. The lowest BCUT2D eigenvalue weighted by Gasteiger charge is -2.06. The van der Waals surface area contributed by atoms with E-state index in [0.717, 1.165) is 4.90 Å². The molecule has 2 aromatic rings. The van der Waals surface area contributed by atoms with E-state index in [1.807, 2.05) is 36.6 Å². The van der Waals surface area contributed by atoms with Crippen molar-refractivity contribution in [3.63, 3.8) is 0 Å². The molecule has 3 nitrogen and oxygen atoms in total. The lowest BCUT2D eigenvalue weighted by atomic mass is 10.1. The molecule has 5 heteroatoms.